The van der Waals surface area contributed by atoms with Gasteiger partial charge >= 0.3 is 6.09 Å². The monoisotopic (exact) mass is 348 g/mol. The Morgan fingerprint density at radius 1 is 1.25 bits per heavy atom. The highest BCUT2D eigenvalue weighted by atomic mass is 35.5. The zero-order valence-electron chi connectivity index (χ0n) is 14.2. The summed E-state index contributed by atoms with van der Waals surface area (Å²) < 4.78 is 5.15. The number of halogens is 1. The minimum Gasteiger partial charge on any atom is -0.443 e. The van der Waals surface area contributed by atoms with Gasteiger partial charge in [-0.05, 0) is 44.9 Å². The molecule has 0 aliphatic heterocycles. The first-order chi connectivity index (χ1) is 11.2. The van der Waals surface area contributed by atoms with E-state index >= 15 is 0 Å². The van der Waals surface area contributed by atoms with Crippen LogP contribution in [0.25, 0.3) is 11.3 Å². The van der Waals surface area contributed by atoms with Gasteiger partial charge in [-0.1, -0.05) is 23.7 Å². The number of carbonyl (C=O) groups excluding carboxylic acids is 1. The Hall–Kier alpha value is -2.18. The first-order valence-corrected chi connectivity index (χ1v) is 7.92. The maximum absolute atomic E-state index is 11.6. The molecule has 2 N–H and O–H groups in total. The van der Waals surface area contributed by atoms with Crippen LogP contribution in [0.4, 0.5) is 4.79 Å². The Labute approximate surface area is 146 Å². The zero-order chi connectivity index (χ0) is 17.7. The maximum Gasteiger partial charge on any atom is 0.422 e. The van der Waals surface area contributed by atoms with Gasteiger partial charge in [0.2, 0.25) is 0 Å². The SMILES string of the molecule is Cc1cc(-c2cc(Cl)ncn2)ccc1CNNC(=O)OC(C)(C)C. The van der Waals surface area contributed by atoms with Gasteiger partial charge in [0.25, 0.3) is 0 Å². The summed E-state index contributed by atoms with van der Waals surface area (Å²) in [4.78, 5) is 19.7. The van der Waals surface area contributed by atoms with Gasteiger partial charge in [-0.3, -0.25) is 5.43 Å². The van der Waals surface area contributed by atoms with E-state index in [-0.39, 0.29) is 0 Å². The van der Waals surface area contributed by atoms with Crippen molar-refractivity contribution in [3.8, 4) is 11.3 Å². The van der Waals surface area contributed by atoms with E-state index in [4.69, 9.17) is 16.3 Å². The van der Waals surface area contributed by atoms with Crippen molar-refractivity contribution in [2.24, 2.45) is 0 Å². The van der Waals surface area contributed by atoms with Gasteiger partial charge in [0, 0.05) is 18.2 Å². The number of nitrogens with one attached hydrogen (secondary N) is 2. The molecule has 1 aromatic carbocycles. The van der Waals surface area contributed by atoms with E-state index < -0.39 is 11.7 Å². The second kappa shape index (κ2) is 7.59. The summed E-state index contributed by atoms with van der Waals surface area (Å²) in [6.45, 7) is 7.92. The summed E-state index contributed by atoms with van der Waals surface area (Å²) in [6.07, 6.45) is 0.931. The highest BCUT2D eigenvalue weighted by molar-refractivity contribution is 6.29. The lowest BCUT2D eigenvalue weighted by Crippen LogP contribution is -2.40. The molecule has 0 aliphatic rings. The molecule has 1 amide bonds. The summed E-state index contributed by atoms with van der Waals surface area (Å²) in [5, 5.41) is 0.407. The molecular formula is C17H21ClN4O2. The van der Waals surface area contributed by atoms with E-state index in [1.54, 1.807) is 6.07 Å². The molecule has 1 heterocycles. The van der Waals surface area contributed by atoms with Gasteiger partial charge in [-0.25, -0.2) is 20.2 Å². The van der Waals surface area contributed by atoms with Gasteiger partial charge in [0.1, 0.15) is 17.1 Å². The highest BCUT2D eigenvalue weighted by Crippen LogP contribution is 2.21. The number of aromatic nitrogens is 2. The Morgan fingerprint density at radius 2 is 2.00 bits per heavy atom. The summed E-state index contributed by atoms with van der Waals surface area (Å²) in [7, 11) is 0. The summed E-state index contributed by atoms with van der Waals surface area (Å²) in [5.41, 5.74) is 8.70. The normalized spacial score (nSPS) is 11.2. The Morgan fingerprint density at radius 3 is 2.62 bits per heavy atom. The Bertz CT molecular complexity index is 729. The lowest BCUT2D eigenvalue weighted by atomic mass is 10.0. The lowest BCUT2D eigenvalue weighted by molar-refractivity contribution is 0.0497. The number of hydrogen-bond acceptors (Lipinski definition) is 5. The summed E-state index contributed by atoms with van der Waals surface area (Å²) in [5.74, 6) is 0. The van der Waals surface area contributed by atoms with Crippen molar-refractivity contribution in [3.05, 3.63) is 46.9 Å². The molecule has 0 saturated heterocycles. The predicted molar refractivity (Wildman–Crippen MR) is 93.4 cm³/mol. The number of amides is 1. The minimum atomic E-state index is -0.526. The maximum atomic E-state index is 11.6. The number of nitrogens with zero attached hydrogens (tertiary/aromatic N) is 2. The van der Waals surface area contributed by atoms with Crippen LogP contribution in [0, 0.1) is 6.92 Å². The number of carbonyl (C=O) groups is 1. The number of rotatable bonds is 4. The third kappa shape index (κ3) is 5.47. The molecule has 0 unspecified atom stereocenters. The smallest absolute Gasteiger partial charge is 0.422 e. The van der Waals surface area contributed by atoms with Crippen LogP contribution in [0.5, 0.6) is 0 Å². The molecule has 2 aromatic rings. The molecule has 24 heavy (non-hydrogen) atoms. The van der Waals surface area contributed by atoms with Gasteiger partial charge in [-0.2, -0.15) is 0 Å². The summed E-state index contributed by atoms with van der Waals surface area (Å²) >= 11 is 5.90. The molecule has 2 rings (SSSR count). The molecule has 0 radical (unpaired) electrons. The van der Waals surface area contributed by atoms with Gasteiger partial charge in [-0.15, -0.1) is 0 Å². The fourth-order valence-electron chi connectivity index (χ4n) is 2.06. The van der Waals surface area contributed by atoms with Crippen molar-refractivity contribution >= 4 is 17.7 Å². The van der Waals surface area contributed by atoms with E-state index in [9.17, 15) is 4.79 Å². The summed E-state index contributed by atoms with van der Waals surface area (Å²) in [6, 6.07) is 7.67. The molecule has 0 saturated carbocycles. The van der Waals surface area contributed by atoms with Crippen LogP contribution in [0.1, 0.15) is 31.9 Å². The van der Waals surface area contributed by atoms with Crippen molar-refractivity contribution in [1.29, 1.82) is 0 Å². The van der Waals surface area contributed by atoms with E-state index in [1.807, 2.05) is 45.9 Å². The van der Waals surface area contributed by atoms with Crippen LogP contribution in [0.15, 0.2) is 30.6 Å². The Kier molecular flexibility index (Phi) is 5.75. The number of benzene rings is 1. The molecule has 1 aromatic heterocycles. The molecule has 0 atom stereocenters. The molecule has 128 valence electrons. The quantitative estimate of drug-likeness (QED) is 0.651. The van der Waals surface area contributed by atoms with Crippen molar-refractivity contribution < 1.29 is 9.53 Å². The van der Waals surface area contributed by atoms with Crippen LogP contribution in [-0.2, 0) is 11.3 Å². The predicted octanol–water partition coefficient (Wildman–Crippen LogP) is 3.63. The van der Waals surface area contributed by atoms with Crippen molar-refractivity contribution in [2.45, 2.75) is 39.8 Å². The number of hydrazine groups is 1. The van der Waals surface area contributed by atoms with Crippen LogP contribution < -0.4 is 10.9 Å². The van der Waals surface area contributed by atoms with Crippen molar-refractivity contribution in [3.63, 3.8) is 0 Å². The third-order valence-corrected chi connectivity index (χ3v) is 3.35. The number of aryl methyl sites for hydroxylation is 1. The second-order valence-electron chi connectivity index (χ2n) is 6.35. The second-order valence-corrected chi connectivity index (χ2v) is 6.73. The average Bonchev–Trinajstić information content (AvgIpc) is 2.47. The van der Waals surface area contributed by atoms with Crippen molar-refractivity contribution in [2.75, 3.05) is 0 Å². The molecule has 0 spiro atoms. The van der Waals surface area contributed by atoms with E-state index in [0.29, 0.717) is 11.7 Å². The molecule has 0 bridgehead atoms. The first kappa shape index (κ1) is 18.2. The first-order valence-electron chi connectivity index (χ1n) is 7.54. The van der Waals surface area contributed by atoms with Crippen LogP contribution in [0.3, 0.4) is 0 Å². The topological polar surface area (TPSA) is 76.1 Å². The number of ether oxygens (including phenoxy) is 1. The molecule has 6 nitrogen and oxygen atoms in total. The third-order valence-electron chi connectivity index (χ3n) is 3.14. The fourth-order valence-corrected chi connectivity index (χ4v) is 2.21. The molecular weight excluding hydrogens is 328 g/mol. The molecule has 0 fully saturated rings. The highest BCUT2D eigenvalue weighted by Gasteiger charge is 2.15. The van der Waals surface area contributed by atoms with Crippen molar-refractivity contribution in [1.82, 2.24) is 20.8 Å². The lowest BCUT2D eigenvalue weighted by Gasteiger charge is -2.20. The Balaban J connectivity index is 1.97. The zero-order valence-corrected chi connectivity index (χ0v) is 14.9. The van der Waals surface area contributed by atoms with Crippen LogP contribution in [0.2, 0.25) is 5.15 Å². The average molecular weight is 349 g/mol. The van der Waals surface area contributed by atoms with Crippen LogP contribution >= 0.6 is 11.6 Å². The van der Waals surface area contributed by atoms with E-state index in [1.165, 1.54) is 6.33 Å². The molecule has 0 aliphatic carbocycles. The van der Waals surface area contributed by atoms with E-state index in [2.05, 4.69) is 20.8 Å². The van der Waals surface area contributed by atoms with Gasteiger partial charge < -0.3 is 4.74 Å². The van der Waals surface area contributed by atoms with Crippen LogP contribution in [-0.4, -0.2) is 21.7 Å². The molecule has 7 heteroatoms. The number of hydrogen-bond donors (Lipinski definition) is 2. The largest absolute Gasteiger partial charge is 0.443 e. The van der Waals surface area contributed by atoms with Gasteiger partial charge in [0.05, 0.1) is 5.69 Å². The fraction of sp³-hybridized carbons (Fsp3) is 0.353. The van der Waals surface area contributed by atoms with Gasteiger partial charge in [0.15, 0.2) is 0 Å². The van der Waals surface area contributed by atoms with E-state index in [0.717, 1.165) is 22.4 Å². The standard InChI is InChI=1S/C17H21ClN4O2/c1-11-7-12(14-8-15(18)20-10-19-14)5-6-13(11)9-21-22-16(23)24-17(2,3)4/h5-8,10,21H,9H2,1-4H3,(H,22,23). The minimum absolute atomic E-state index is 0.407.